The molecule has 18 heavy (non-hydrogen) atoms. The molecule has 0 spiro atoms. The molecule has 0 saturated heterocycles. The standard InChI is InChI=1S/C15H28N2O/c1-6-13(16)15(14-8-7-9-18-14)17(5)12(4)10-11(2)3/h7-9,11-13,15H,6,10,16H2,1-5H3. The Morgan fingerprint density at radius 1 is 1.33 bits per heavy atom. The number of hydrogen-bond acceptors (Lipinski definition) is 3. The van der Waals surface area contributed by atoms with Gasteiger partial charge in [-0.2, -0.15) is 0 Å². The Kier molecular flexibility index (Phi) is 5.89. The van der Waals surface area contributed by atoms with Crippen LogP contribution in [-0.2, 0) is 0 Å². The molecule has 0 aliphatic rings. The Morgan fingerprint density at radius 2 is 2.00 bits per heavy atom. The normalized spacial score (nSPS) is 17.1. The van der Waals surface area contributed by atoms with E-state index in [-0.39, 0.29) is 12.1 Å². The van der Waals surface area contributed by atoms with E-state index in [1.165, 1.54) is 6.42 Å². The smallest absolute Gasteiger partial charge is 0.122 e. The van der Waals surface area contributed by atoms with Crippen molar-refractivity contribution in [3.05, 3.63) is 24.2 Å². The molecule has 1 rings (SSSR count). The largest absolute Gasteiger partial charge is 0.468 e. The van der Waals surface area contributed by atoms with Crippen molar-refractivity contribution in [2.75, 3.05) is 7.05 Å². The Balaban J connectivity index is 2.83. The van der Waals surface area contributed by atoms with Crippen molar-refractivity contribution < 1.29 is 4.42 Å². The molecule has 0 saturated carbocycles. The van der Waals surface area contributed by atoms with Crippen LogP contribution in [0, 0.1) is 5.92 Å². The molecule has 3 atom stereocenters. The number of hydrogen-bond donors (Lipinski definition) is 1. The Labute approximate surface area is 111 Å². The highest BCUT2D eigenvalue weighted by Gasteiger charge is 2.28. The van der Waals surface area contributed by atoms with Crippen LogP contribution in [0.15, 0.2) is 22.8 Å². The van der Waals surface area contributed by atoms with Gasteiger partial charge in [-0.15, -0.1) is 0 Å². The third-order valence-electron chi connectivity index (χ3n) is 3.66. The summed E-state index contributed by atoms with van der Waals surface area (Å²) in [6, 6.07) is 4.73. The number of rotatable bonds is 7. The minimum atomic E-state index is 0.107. The predicted octanol–water partition coefficient (Wildman–Crippen LogP) is 3.42. The molecule has 0 bridgehead atoms. The second-order valence-electron chi connectivity index (χ2n) is 5.68. The third-order valence-corrected chi connectivity index (χ3v) is 3.66. The van der Waals surface area contributed by atoms with Gasteiger partial charge in [-0.05, 0) is 44.9 Å². The molecule has 0 amide bonds. The van der Waals surface area contributed by atoms with Gasteiger partial charge < -0.3 is 10.2 Å². The predicted molar refractivity (Wildman–Crippen MR) is 76.4 cm³/mol. The zero-order chi connectivity index (χ0) is 13.7. The topological polar surface area (TPSA) is 42.4 Å². The maximum absolute atomic E-state index is 6.28. The van der Waals surface area contributed by atoms with Crippen molar-refractivity contribution in [1.82, 2.24) is 4.90 Å². The van der Waals surface area contributed by atoms with Gasteiger partial charge in [0.1, 0.15) is 5.76 Å². The van der Waals surface area contributed by atoms with Crippen LogP contribution in [0.5, 0.6) is 0 Å². The zero-order valence-electron chi connectivity index (χ0n) is 12.4. The molecular weight excluding hydrogens is 224 g/mol. The zero-order valence-corrected chi connectivity index (χ0v) is 12.4. The van der Waals surface area contributed by atoms with E-state index in [1.54, 1.807) is 6.26 Å². The second kappa shape index (κ2) is 6.95. The quantitative estimate of drug-likeness (QED) is 0.808. The van der Waals surface area contributed by atoms with Crippen LogP contribution in [0.2, 0.25) is 0 Å². The molecule has 2 N–H and O–H groups in total. The van der Waals surface area contributed by atoms with E-state index in [1.807, 2.05) is 12.1 Å². The number of nitrogens with two attached hydrogens (primary N) is 1. The molecule has 3 unspecified atom stereocenters. The summed E-state index contributed by atoms with van der Waals surface area (Å²) in [4.78, 5) is 2.35. The minimum Gasteiger partial charge on any atom is -0.468 e. The lowest BCUT2D eigenvalue weighted by molar-refractivity contribution is 0.125. The van der Waals surface area contributed by atoms with E-state index in [0.29, 0.717) is 12.0 Å². The molecule has 0 aliphatic carbocycles. The van der Waals surface area contributed by atoms with Crippen molar-refractivity contribution in [1.29, 1.82) is 0 Å². The van der Waals surface area contributed by atoms with Gasteiger partial charge in [-0.3, -0.25) is 4.90 Å². The lowest BCUT2D eigenvalue weighted by Crippen LogP contribution is -2.43. The van der Waals surface area contributed by atoms with Gasteiger partial charge in [0.15, 0.2) is 0 Å². The van der Waals surface area contributed by atoms with Crippen LogP contribution < -0.4 is 5.73 Å². The fraction of sp³-hybridized carbons (Fsp3) is 0.733. The lowest BCUT2D eigenvalue weighted by Gasteiger charge is -2.36. The van der Waals surface area contributed by atoms with Crippen molar-refractivity contribution in [3.8, 4) is 0 Å². The van der Waals surface area contributed by atoms with Crippen molar-refractivity contribution in [2.45, 2.75) is 58.7 Å². The SMILES string of the molecule is CCC(N)C(c1ccco1)N(C)C(C)CC(C)C. The monoisotopic (exact) mass is 252 g/mol. The molecule has 0 fully saturated rings. The highest BCUT2D eigenvalue weighted by molar-refractivity contribution is 5.08. The van der Waals surface area contributed by atoms with Crippen LogP contribution in [0.3, 0.4) is 0 Å². The molecule has 1 heterocycles. The number of furan rings is 1. The van der Waals surface area contributed by atoms with Gasteiger partial charge in [0, 0.05) is 12.1 Å². The second-order valence-corrected chi connectivity index (χ2v) is 5.68. The molecule has 104 valence electrons. The molecule has 0 radical (unpaired) electrons. The Hall–Kier alpha value is -0.800. The number of nitrogens with zero attached hydrogens (tertiary/aromatic N) is 1. The van der Waals surface area contributed by atoms with E-state index in [4.69, 9.17) is 10.2 Å². The maximum atomic E-state index is 6.28. The van der Waals surface area contributed by atoms with E-state index >= 15 is 0 Å². The summed E-state index contributed by atoms with van der Waals surface area (Å²) in [5.74, 6) is 1.67. The molecule has 3 heteroatoms. The van der Waals surface area contributed by atoms with Crippen molar-refractivity contribution in [3.63, 3.8) is 0 Å². The van der Waals surface area contributed by atoms with Gasteiger partial charge in [0.2, 0.25) is 0 Å². The van der Waals surface area contributed by atoms with Crippen LogP contribution in [-0.4, -0.2) is 24.0 Å². The van der Waals surface area contributed by atoms with E-state index in [2.05, 4.69) is 39.6 Å². The summed E-state index contributed by atoms with van der Waals surface area (Å²) in [6.45, 7) is 8.90. The first kappa shape index (κ1) is 15.3. The van der Waals surface area contributed by atoms with Gasteiger partial charge in [0.25, 0.3) is 0 Å². The summed E-state index contributed by atoms with van der Waals surface area (Å²) >= 11 is 0. The fourth-order valence-electron chi connectivity index (χ4n) is 2.52. The van der Waals surface area contributed by atoms with Crippen LogP contribution in [0.25, 0.3) is 0 Å². The summed E-state index contributed by atoms with van der Waals surface area (Å²) in [6.07, 6.45) is 3.85. The van der Waals surface area contributed by atoms with Crippen molar-refractivity contribution >= 4 is 0 Å². The third kappa shape index (κ3) is 3.85. The fourth-order valence-corrected chi connectivity index (χ4v) is 2.52. The molecular formula is C15H28N2O. The first-order valence-corrected chi connectivity index (χ1v) is 6.98. The molecule has 3 nitrogen and oxygen atoms in total. The average molecular weight is 252 g/mol. The van der Waals surface area contributed by atoms with Gasteiger partial charge in [-0.1, -0.05) is 20.8 Å². The number of likely N-dealkylation sites (N-methyl/N-ethyl adjacent to an activating group) is 1. The first-order chi connectivity index (χ1) is 8.47. The first-order valence-electron chi connectivity index (χ1n) is 6.98. The van der Waals surface area contributed by atoms with E-state index < -0.39 is 0 Å². The Bertz CT molecular complexity index is 321. The summed E-state index contributed by atoms with van der Waals surface area (Å²) in [7, 11) is 2.15. The lowest BCUT2D eigenvalue weighted by atomic mass is 9.97. The van der Waals surface area contributed by atoms with Crippen LogP contribution in [0.1, 0.15) is 52.3 Å². The van der Waals surface area contributed by atoms with Crippen LogP contribution >= 0.6 is 0 Å². The summed E-state index contributed by atoms with van der Waals surface area (Å²) in [5.41, 5.74) is 6.28. The van der Waals surface area contributed by atoms with Crippen molar-refractivity contribution in [2.24, 2.45) is 11.7 Å². The average Bonchev–Trinajstić information content (AvgIpc) is 2.81. The summed E-state index contributed by atoms with van der Waals surface area (Å²) < 4.78 is 5.57. The Morgan fingerprint density at radius 3 is 2.44 bits per heavy atom. The van der Waals surface area contributed by atoms with Gasteiger partial charge in [-0.25, -0.2) is 0 Å². The molecule has 1 aromatic heterocycles. The van der Waals surface area contributed by atoms with Gasteiger partial charge in [0.05, 0.1) is 12.3 Å². The summed E-state index contributed by atoms with van der Waals surface area (Å²) in [5, 5.41) is 0. The minimum absolute atomic E-state index is 0.107. The van der Waals surface area contributed by atoms with E-state index in [9.17, 15) is 0 Å². The maximum Gasteiger partial charge on any atom is 0.122 e. The van der Waals surface area contributed by atoms with Crippen LogP contribution in [0.4, 0.5) is 0 Å². The highest BCUT2D eigenvalue weighted by Crippen LogP contribution is 2.27. The van der Waals surface area contributed by atoms with Gasteiger partial charge >= 0.3 is 0 Å². The highest BCUT2D eigenvalue weighted by atomic mass is 16.3. The van der Waals surface area contributed by atoms with E-state index in [0.717, 1.165) is 12.2 Å². The molecule has 1 aromatic rings. The molecule has 0 aliphatic heterocycles. The molecule has 0 aromatic carbocycles.